The van der Waals surface area contributed by atoms with Crippen molar-refractivity contribution < 1.29 is 13.2 Å². The van der Waals surface area contributed by atoms with Crippen LogP contribution in [0, 0.1) is 13.8 Å². The van der Waals surface area contributed by atoms with Crippen LogP contribution in [0.15, 0.2) is 70.6 Å². The van der Waals surface area contributed by atoms with Crippen LogP contribution in [0.4, 0.5) is 11.6 Å². The normalized spacial score (nSPS) is 12.2. The molecule has 0 spiro atoms. The first-order chi connectivity index (χ1) is 14.2. The van der Waals surface area contributed by atoms with Crippen molar-refractivity contribution in [3.05, 3.63) is 72.1 Å². The van der Waals surface area contributed by atoms with Gasteiger partial charge >= 0.3 is 0 Å². The number of carbonyl (C=O) groups excluding carboxylic acids is 1. The average Bonchev–Trinajstić information content (AvgIpc) is 2.70. The minimum absolute atomic E-state index is 0.00864. The van der Waals surface area contributed by atoms with Crippen LogP contribution in [0.25, 0.3) is 0 Å². The molecule has 0 aliphatic rings. The summed E-state index contributed by atoms with van der Waals surface area (Å²) in [6.45, 7) is 5.58. The first kappa shape index (κ1) is 21.8. The number of nitrogens with one attached hydrogen (secondary N) is 2. The number of sulfonamides is 1. The van der Waals surface area contributed by atoms with Crippen molar-refractivity contribution >= 4 is 39.3 Å². The van der Waals surface area contributed by atoms with Crippen LogP contribution < -0.4 is 10.0 Å². The molecule has 0 fully saturated rings. The number of hydrogen-bond acceptors (Lipinski definition) is 6. The second kappa shape index (κ2) is 9.27. The van der Waals surface area contributed by atoms with Gasteiger partial charge in [-0.15, -0.1) is 11.8 Å². The molecule has 1 heterocycles. The molecule has 0 unspecified atom stereocenters. The monoisotopic (exact) mass is 442 g/mol. The van der Waals surface area contributed by atoms with Crippen molar-refractivity contribution in [1.82, 2.24) is 9.97 Å². The number of carbonyl (C=O) groups is 1. The third-order valence-corrected chi connectivity index (χ3v) is 6.61. The van der Waals surface area contributed by atoms with E-state index in [1.54, 1.807) is 25.1 Å². The van der Waals surface area contributed by atoms with Crippen molar-refractivity contribution in [3.8, 4) is 0 Å². The van der Waals surface area contributed by atoms with E-state index in [4.69, 9.17) is 0 Å². The topological polar surface area (TPSA) is 101 Å². The van der Waals surface area contributed by atoms with E-state index >= 15 is 0 Å². The molecule has 30 heavy (non-hydrogen) atoms. The predicted octanol–water partition coefficient (Wildman–Crippen LogP) is 4.01. The summed E-state index contributed by atoms with van der Waals surface area (Å²) in [5.74, 6) is -0.156. The third-order valence-electron chi connectivity index (χ3n) is 4.16. The molecule has 0 aliphatic carbocycles. The molecule has 1 amide bonds. The molecule has 156 valence electrons. The summed E-state index contributed by atoms with van der Waals surface area (Å²) in [7, 11) is -3.83. The molecule has 0 radical (unpaired) electrons. The maximum atomic E-state index is 12.5. The Labute approximate surface area is 180 Å². The first-order valence-corrected chi connectivity index (χ1v) is 11.6. The van der Waals surface area contributed by atoms with Gasteiger partial charge in [-0.2, -0.15) is 0 Å². The summed E-state index contributed by atoms with van der Waals surface area (Å²) in [6, 6.07) is 15.6. The Bertz CT molecular complexity index is 1130. The van der Waals surface area contributed by atoms with E-state index in [1.165, 1.54) is 30.1 Å². The Morgan fingerprint density at radius 3 is 2.30 bits per heavy atom. The van der Waals surface area contributed by atoms with Gasteiger partial charge in [0.2, 0.25) is 11.9 Å². The smallest absolute Gasteiger partial charge is 0.264 e. The Kier molecular flexibility index (Phi) is 6.73. The minimum atomic E-state index is -3.83. The van der Waals surface area contributed by atoms with E-state index in [0.717, 1.165) is 10.5 Å². The molecular weight excluding hydrogens is 420 g/mol. The first-order valence-electron chi connectivity index (χ1n) is 9.20. The number of nitrogens with zero attached hydrogens (tertiary/aromatic N) is 2. The zero-order chi connectivity index (χ0) is 21.7. The van der Waals surface area contributed by atoms with Crippen molar-refractivity contribution in [3.63, 3.8) is 0 Å². The van der Waals surface area contributed by atoms with E-state index in [1.807, 2.05) is 38.1 Å². The average molecular weight is 443 g/mol. The van der Waals surface area contributed by atoms with Crippen LogP contribution in [-0.2, 0) is 14.8 Å². The third kappa shape index (κ3) is 5.80. The van der Waals surface area contributed by atoms with E-state index in [0.29, 0.717) is 11.4 Å². The molecule has 2 aromatic carbocycles. The fraction of sp³-hybridized carbons (Fsp3) is 0.190. The fourth-order valence-electron chi connectivity index (χ4n) is 2.51. The van der Waals surface area contributed by atoms with Crippen molar-refractivity contribution in [2.45, 2.75) is 35.8 Å². The zero-order valence-corrected chi connectivity index (χ0v) is 18.4. The predicted molar refractivity (Wildman–Crippen MR) is 119 cm³/mol. The van der Waals surface area contributed by atoms with E-state index in [-0.39, 0.29) is 22.0 Å². The molecule has 9 heteroatoms. The number of thioether (sulfide) groups is 1. The van der Waals surface area contributed by atoms with Gasteiger partial charge in [-0.25, -0.2) is 23.1 Å². The standard InChI is InChI=1S/C21H22N4O3S2/c1-14-4-8-18(9-5-14)29-16(3)20(26)24-17-6-10-19(11-7-17)30(27,28)25-21-22-13-12-15(2)23-21/h4-13,16H,1-3H3,(H,24,26)(H,22,23,25)/t16-/m1/s1. The molecular formula is C21H22N4O3S2. The van der Waals surface area contributed by atoms with Gasteiger partial charge in [0.1, 0.15) is 0 Å². The van der Waals surface area contributed by atoms with Gasteiger partial charge in [-0.3, -0.25) is 4.79 Å². The van der Waals surface area contributed by atoms with Crippen LogP contribution in [-0.4, -0.2) is 29.5 Å². The van der Waals surface area contributed by atoms with Gasteiger partial charge in [0.05, 0.1) is 10.1 Å². The lowest BCUT2D eigenvalue weighted by Crippen LogP contribution is -2.22. The molecule has 3 rings (SSSR count). The summed E-state index contributed by atoms with van der Waals surface area (Å²) in [6.07, 6.45) is 1.48. The lowest BCUT2D eigenvalue weighted by Gasteiger charge is -2.13. The minimum Gasteiger partial charge on any atom is -0.325 e. The molecule has 3 aromatic rings. The highest BCUT2D eigenvalue weighted by atomic mass is 32.2. The molecule has 7 nitrogen and oxygen atoms in total. The van der Waals surface area contributed by atoms with Crippen LogP contribution in [0.5, 0.6) is 0 Å². The number of hydrogen-bond donors (Lipinski definition) is 2. The highest BCUT2D eigenvalue weighted by molar-refractivity contribution is 8.00. The molecule has 1 aromatic heterocycles. The van der Waals surface area contributed by atoms with Gasteiger partial charge < -0.3 is 5.32 Å². The highest BCUT2D eigenvalue weighted by Gasteiger charge is 2.17. The molecule has 1 atom stereocenters. The lowest BCUT2D eigenvalue weighted by atomic mass is 10.2. The van der Waals surface area contributed by atoms with Crippen LogP contribution in [0.3, 0.4) is 0 Å². The van der Waals surface area contributed by atoms with Crippen molar-refractivity contribution in [2.75, 3.05) is 10.0 Å². The SMILES string of the molecule is Cc1ccc(S[C@H](C)C(=O)Nc2ccc(S(=O)(=O)Nc3nccc(C)n3)cc2)cc1. The summed E-state index contributed by atoms with van der Waals surface area (Å²) in [4.78, 5) is 21.5. The van der Waals surface area contributed by atoms with Crippen LogP contribution in [0.1, 0.15) is 18.2 Å². The number of amides is 1. The van der Waals surface area contributed by atoms with Crippen LogP contribution >= 0.6 is 11.8 Å². The number of aromatic nitrogens is 2. The van der Waals surface area contributed by atoms with Gasteiger partial charge in [-0.1, -0.05) is 17.7 Å². The number of rotatable bonds is 7. The quantitative estimate of drug-likeness (QED) is 0.536. The van der Waals surface area contributed by atoms with E-state index < -0.39 is 10.0 Å². The summed E-state index contributed by atoms with van der Waals surface area (Å²) >= 11 is 1.46. The fourth-order valence-corrected chi connectivity index (χ4v) is 4.33. The highest BCUT2D eigenvalue weighted by Crippen LogP contribution is 2.25. The number of aryl methyl sites for hydroxylation is 2. The number of benzene rings is 2. The molecule has 0 aliphatic heterocycles. The Morgan fingerprint density at radius 2 is 1.67 bits per heavy atom. The molecule has 0 saturated carbocycles. The molecule has 0 saturated heterocycles. The van der Waals surface area contributed by atoms with Gasteiger partial charge in [-0.05, 0) is 63.2 Å². The Morgan fingerprint density at radius 1 is 1.00 bits per heavy atom. The molecule has 0 bridgehead atoms. The summed E-state index contributed by atoms with van der Waals surface area (Å²) in [5.41, 5.74) is 2.33. The Balaban J connectivity index is 1.63. The largest absolute Gasteiger partial charge is 0.325 e. The summed E-state index contributed by atoms with van der Waals surface area (Å²) in [5, 5.41) is 2.50. The van der Waals surface area contributed by atoms with E-state index in [9.17, 15) is 13.2 Å². The van der Waals surface area contributed by atoms with E-state index in [2.05, 4.69) is 20.0 Å². The maximum Gasteiger partial charge on any atom is 0.264 e. The van der Waals surface area contributed by atoms with Gasteiger partial charge in [0.25, 0.3) is 10.0 Å². The molecule has 2 N–H and O–H groups in total. The van der Waals surface area contributed by atoms with Crippen LogP contribution in [0.2, 0.25) is 0 Å². The van der Waals surface area contributed by atoms with Gasteiger partial charge in [0.15, 0.2) is 0 Å². The van der Waals surface area contributed by atoms with Crippen molar-refractivity contribution in [2.24, 2.45) is 0 Å². The second-order valence-electron chi connectivity index (χ2n) is 6.71. The number of anilines is 2. The van der Waals surface area contributed by atoms with Crippen molar-refractivity contribution in [1.29, 1.82) is 0 Å². The lowest BCUT2D eigenvalue weighted by molar-refractivity contribution is -0.115. The van der Waals surface area contributed by atoms with Gasteiger partial charge in [0, 0.05) is 22.5 Å². The maximum absolute atomic E-state index is 12.5. The Hall–Kier alpha value is -2.91. The second-order valence-corrected chi connectivity index (χ2v) is 9.81. The zero-order valence-electron chi connectivity index (χ0n) is 16.8. The summed E-state index contributed by atoms with van der Waals surface area (Å²) < 4.78 is 27.3.